The van der Waals surface area contributed by atoms with E-state index in [0.717, 1.165) is 25.6 Å². The van der Waals surface area contributed by atoms with Crippen molar-refractivity contribution >= 4 is 16.8 Å². The van der Waals surface area contributed by atoms with Gasteiger partial charge in [-0.1, -0.05) is 20.3 Å². The van der Waals surface area contributed by atoms with Gasteiger partial charge in [0, 0.05) is 48.0 Å². The molecule has 2 unspecified atom stereocenters. The molecule has 1 rings (SSSR count). The number of rotatable bonds is 5. The third kappa shape index (κ3) is 5.90. The Labute approximate surface area is 139 Å². The molecule has 1 heterocycles. The van der Waals surface area contributed by atoms with Crippen LogP contribution in [0.2, 0.25) is 0 Å². The Morgan fingerprint density at radius 3 is 2.64 bits per heavy atom. The summed E-state index contributed by atoms with van der Waals surface area (Å²) in [5.41, 5.74) is 0.402. The topological polar surface area (TPSA) is 44.7 Å². The van der Waals surface area contributed by atoms with Crippen molar-refractivity contribution in [3.63, 3.8) is 0 Å². The van der Waals surface area contributed by atoms with E-state index < -0.39 is 10.8 Å². The van der Waals surface area contributed by atoms with E-state index in [-0.39, 0.29) is 4.75 Å². The molecule has 1 aliphatic heterocycles. The summed E-state index contributed by atoms with van der Waals surface area (Å²) in [4.78, 5) is 6.80. The van der Waals surface area contributed by atoms with Gasteiger partial charge in [-0.05, 0) is 45.4 Å². The molecule has 0 aromatic heterocycles. The van der Waals surface area contributed by atoms with E-state index in [4.69, 9.17) is 0 Å². The first kappa shape index (κ1) is 19.5. The van der Waals surface area contributed by atoms with Gasteiger partial charge >= 0.3 is 0 Å². The number of nitrogens with zero attached hydrogens (tertiary/aromatic N) is 2. The first-order chi connectivity index (χ1) is 10.2. The fourth-order valence-electron chi connectivity index (χ4n) is 3.20. The maximum Gasteiger partial charge on any atom is 0.193 e. The van der Waals surface area contributed by atoms with E-state index in [2.05, 4.69) is 29.1 Å². The van der Waals surface area contributed by atoms with Gasteiger partial charge in [0.25, 0.3) is 0 Å². The van der Waals surface area contributed by atoms with Crippen LogP contribution in [0.4, 0.5) is 0 Å². The van der Waals surface area contributed by atoms with Crippen LogP contribution < -0.4 is 5.32 Å². The zero-order valence-corrected chi connectivity index (χ0v) is 16.2. The fraction of sp³-hybridized carbons (Fsp3) is 0.941. The summed E-state index contributed by atoms with van der Waals surface area (Å²) in [7, 11) is 1.03. The Bertz CT molecular complexity index is 399. The highest BCUT2D eigenvalue weighted by Crippen LogP contribution is 2.33. The van der Waals surface area contributed by atoms with Gasteiger partial charge in [-0.15, -0.1) is 0 Å². The molecule has 0 spiro atoms. The van der Waals surface area contributed by atoms with E-state index in [1.54, 1.807) is 0 Å². The second-order valence-corrected chi connectivity index (χ2v) is 10.0. The first-order valence-electron chi connectivity index (χ1n) is 8.56. The average molecular weight is 330 g/mol. The highest BCUT2D eigenvalue weighted by molar-refractivity contribution is 7.86. The maximum atomic E-state index is 12.1. The number of hydrogen-bond donors (Lipinski definition) is 1. The van der Waals surface area contributed by atoms with Gasteiger partial charge in [-0.2, -0.15) is 0 Å². The molecule has 0 saturated carbocycles. The highest BCUT2D eigenvalue weighted by atomic mass is 32.2. The molecule has 0 aromatic carbocycles. The number of likely N-dealkylation sites (tertiary alicyclic amines) is 1. The number of hydrogen-bond acceptors (Lipinski definition) is 2. The molecular weight excluding hydrogens is 294 g/mol. The second kappa shape index (κ2) is 8.32. The molecule has 1 N–H and O–H groups in total. The van der Waals surface area contributed by atoms with Crippen LogP contribution >= 0.6 is 0 Å². The van der Waals surface area contributed by atoms with Crippen LogP contribution in [0.25, 0.3) is 0 Å². The largest absolute Gasteiger partial charge is 0.355 e. The van der Waals surface area contributed by atoms with Crippen molar-refractivity contribution < 1.29 is 4.21 Å². The lowest BCUT2D eigenvalue weighted by atomic mass is 9.78. The molecule has 1 fully saturated rings. The summed E-state index contributed by atoms with van der Waals surface area (Å²) in [5.74, 6) is 1.63. The quantitative estimate of drug-likeness (QED) is 0.623. The first-order valence-corrected chi connectivity index (χ1v) is 9.88. The average Bonchev–Trinajstić information content (AvgIpc) is 2.42. The van der Waals surface area contributed by atoms with Gasteiger partial charge in [0.05, 0.1) is 0 Å². The van der Waals surface area contributed by atoms with Crippen LogP contribution in [0.5, 0.6) is 0 Å². The smallest absolute Gasteiger partial charge is 0.193 e. The van der Waals surface area contributed by atoms with Gasteiger partial charge in [0.1, 0.15) is 0 Å². The normalized spacial score (nSPS) is 25.2. The zero-order valence-electron chi connectivity index (χ0n) is 15.4. The van der Waals surface area contributed by atoms with Crippen molar-refractivity contribution in [2.45, 2.75) is 65.0 Å². The van der Waals surface area contributed by atoms with E-state index >= 15 is 0 Å². The third-order valence-electron chi connectivity index (χ3n) is 4.40. The van der Waals surface area contributed by atoms with Crippen molar-refractivity contribution in [3.8, 4) is 0 Å². The SMILES string of the molecule is CCCC1(C)CCCN(C(=NC)NCCS(=O)C(C)(C)C)C1. The van der Waals surface area contributed by atoms with Gasteiger partial charge in [0.15, 0.2) is 5.96 Å². The number of guanidine groups is 1. The minimum absolute atomic E-state index is 0.143. The van der Waals surface area contributed by atoms with Crippen molar-refractivity contribution in [2.75, 3.05) is 32.4 Å². The van der Waals surface area contributed by atoms with Crippen molar-refractivity contribution in [1.82, 2.24) is 10.2 Å². The second-order valence-electron chi connectivity index (χ2n) is 7.72. The molecule has 0 aliphatic carbocycles. The Balaban J connectivity index is 2.53. The molecule has 130 valence electrons. The molecule has 1 saturated heterocycles. The molecule has 0 aromatic rings. The van der Waals surface area contributed by atoms with E-state index in [1.165, 1.54) is 25.7 Å². The predicted molar refractivity (Wildman–Crippen MR) is 97.9 cm³/mol. The summed E-state index contributed by atoms with van der Waals surface area (Å²) in [6, 6.07) is 0. The summed E-state index contributed by atoms with van der Waals surface area (Å²) < 4.78 is 12.0. The van der Waals surface area contributed by atoms with Crippen LogP contribution in [-0.4, -0.2) is 52.3 Å². The highest BCUT2D eigenvalue weighted by Gasteiger charge is 2.31. The van der Waals surface area contributed by atoms with E-state index in [9.17, 15) is 4.21 Å². The Hall–Kier alpha value is -0.580. The maximum absolute atomic E-state index is 12.1. The van der Waals surface area contributed by atoms with Crippen LogP contribution in [0, 0.1) is 5.41 Å². The molecular formula is C17H35N3OS. The molecule has 4 nitrogen and oxygen atoms in total. The summed E-state index contributed by atoms with van der Waals surface area (Å²) in [6.45, 7) is 13.6. The van der Waals surface area contributed by atoms with Crippen molar-refractivity contribution in [2.24, 2.45) is 10.4 Å². The Morgan fingerprint density at radius 1 is 1.41 bits per heavy atom. The van der Waals surface area contributed by atoms with Gasteiger partial charge in [0.2, 0.25) is 0 Å². The predicted octanol–water partition coefficient (Wildman–Crippen LogP) is 3.01. The number of nitrogens with one attached hydrogen (secondary N) is 1. The van der Waals surface area contributed by atoms with Crippen LogP contribution in [0.15, 0.2) is 4.99 Å². The van der Waals surface area contributed by atoms with Crippen LogP contribution in [0.1, 0.15) is 60.3 Å². The van der Waals surface area contributed by atoms with Crippen LogP contribution in [-0.2, 0) is 10.8 Å². The zero-order chi connectivity index (χ0) is 16.8. The minimum atomic E-state index is -0.815. The third-order valence-corrected chi connectivity index (χ3v) is 6.34. The lowest BCUT2D eigenvalue weighted by Gasteiger charge is -2.42. The molecule has 2 atom stereocenters. The van der Waals surface area contributed by atoms with E-state index in [1.807, 2.05) is 27.8 Å². The summed E-state index contributed by atoms with van der Waals surface area (Å²) in [5, 5.41) is 3.40. The summed E-state index contributed by atoms with van der Waals surface area (Å²) in [6.07, 6.45) is 5.04. The lowest BCUT2D eigenvalue weighted by Crippen LogP contribution is -2.50. The van der Waals surface area contributed by atoms with Gasteiger partial charge in [-0.25, -0.2) is 0 Å². The van der Waals surface area contributed by atoms with Gasteiger partial charge < -0.3 is 10.2 Å². The Morgan fingerprint density at radius 2 is 2.09 bits per heavy atom. The van der Waals surface area contributed by atoms with Crippen LogP contribution in [0.3, 0.4) is 0 Å². The Kier molecular flexibility index (Phi) is 7.36. The monoisotopic (exact) mass is 329 g/mol. The lowest BCUT2D eigenvalue weighted by molar-refractivity contribution is 0.143. The van der Waals surface area contributed by atoms with E-state index in [0.29, 0.717) is 11.2 Å². The molecule has 1 aliphatic rings. The molecule has 0 amide bonds. The number of aliphatic imine (C=N–C) groups is 1. The molecule has 22 heavy (non-hydrogen) atoms. The van der Waals surface area contributed by atoms with Crippen molar-refractivity contribution in [3.05, 3.63) is 0 Å². The fourth-order valence-corrected chi connectivity index (χ4v) is 4.10. The number of piperidine rings is 1. The summed E-state index contributed by atoms with van der Waals surface area (Å²) >= 11 is 0. The standard InChI is InChI=1S/C17H35N3OS/c1-7-9-17(5)10-8-12-20(14-17)15(18-6)19-11-13-22(21)16(2,3)4/h7-14H2,1-6H3,(H,18,19). The molecule has 5 heteroatoms. The molecule has 0 bridgehead atoms. The van der Waals surface area contributed by atoms with Crippen molar-refractivity contribution in [1.29, 1.82) is 0 Å². The molecule has 0 radical (unpaired) electrons. The van der Waals surface area contributed by atoms with Gasteiger partial charge in [-0.3, -0.25) is 9.20 Å². The minimum Gasteiger partial charge on any atom is -0.355 e.